The van der Waals surface area contributed by atoms with Gasteiger partial charge < -0.3 is 10.2 Å². The molecule has 1 N–H and O–H groups in total. The maximum absolute atomic E-state index is 12.5. The van der Waals surface area contributed by atoms with Crippen LogP contribution in [0.1, 0.15) is 28.4 Å². The number of rotatable bonds is 6. The van der Waals surface area contributed by atoms with Gasteiger partial charge >= 0.3 is 0 Å². The van der Waals surface area contributed by atoms with Crippen molar-refractivity contribution in [3.05, 3.63) is 63.2 Å². The first-order valence-electron chi connectivity index (χ1n) is 9.89. The van der Waals surface area contributed by atoms with Crippen molar-refractivity contribution in [1.82, 2.24) is 4.90 Å². The molecule has 1 heterocycles. The van der Waals surface area contributed by atoms with Gasteiger partial charge in [0.15, 0.2) is 5.78 Å². The van der Waals surface area contributed by atoms with Crippen LogP contribution in [-0.2, 0) is 4.79 Å². The largest absolute Gasteiger partial charge is 0.363 e. The fraction of sp³-hybridized carbons (Fsp3) is 0.364. The molecular weight excluding hydrogens is 384 g/mol. The van der Waals surface area contributed by atoms with Crippen LogP contribution >= 0.6 is 0 Å². The number of Topliss-reactive ketones (excluding diaryl/α,β-unsaturated/α-hetero) is 1. The summed E-state index contributed by atoms with van der Waals surface area (Å²) in [4.78, 5) is 39.0. The number of ketones is 1. The molecule has 0 saturated carbocycles. The van der Waals surface area contributed by atoms with Crippen LogP contribution in [0, 0.1) is 24.0 Å². The topological polar surface area (TPSA) is 95.8 Å². The van der Waals surface area contributed by atoms with E-state index in [1.54, 1.807) is 12.1 Å². The lowest BCUT2D eigenvalue weighted by atomic mass is 10.1. The number of nitrogens with zero attached hydrogens (tertiary/aromatic N) is 3. The van der Waals surface area contributed by atoms with Gasteiger partial charge in [-0.3, -0.25) is 24.6 Å². The summed E-state index contributed by atoms with van der Waals surface area (Å²) < 4.78 is 0. The molecule has 1 fully saturated rings. The Labute approximate surface area is 175 Å². The Bertz CT molecular complexity index is 981. The normalized spacial score (nSPS) is 14.4. The number of piperazine rings is 1. The molecule has 3 rings (SSSR count). The number of amides is 1. The minimum absolute atomic E-state index is 0.0659. The first-order chi connectivity index (χ1) is 14.3. The zero-order chi connectivity index (χ0) is 21.8. The zero-order valence-electron chi connectivity index (χ0n) is 17.5. The average Bonchev–Trinajstić information content (AvgIpc) is 2.71. The van der Waals surface area contributed by atoms with Gasteiger partial charge in [-0.15, -0.1) is 0 Å². The summed E-state index contributed by atoms with van der Waals surface area (Å²) in [5, 5.41) is 14.4. The predicted octanol–water partition coefficient (Wildman–Crippen LogP) is 3.17. The van der Waals surface area contributed by atoms with E-state index in [2.05, 4.69) is 5.32 Å². The molecule has 158 valence electrons. The van der Waals surface area contributed by atoms with Crippen LogP contribution in [0.3, 0.4) is 0 Å². The maximum atomic E-state index is 12.5. The number of nitro benzene ring substituents is 1. The number of benzene rings is 2. The third-order valence-corrected chi connectivity index (χ3v) is 5.54. The summed E-state index contributed by atoms with van der Waals surface area (Å²) in [5.74, 6) is -0.279. The predicted molar refractivity (Wildman–Crippen MR) is 116 cm³/mol. The average molecular weight is 410 g/mol. The van der Waals surface area contributed by atoms with Crippen molar-refractivity contribution < 1.29 is 14.5 Å². The summed E-state index contributed by atoms with van der Waals surface area (Å²) in [7, 11) is 0. The number of hydrogen-bond acceptors (Lipinski definition) is 6. The summed E-state index contributed by atoms with van der Waals surface area (Å²) in [6, 6.07) is 10.4. The molecule has 0 bridgehead atoms. The van der Waals surface area contributed by atoms with Crippen LogP contribution in [0.15, 0.2) is 36.4 Å². The smallest absolute Gasteiger partial charge is 0.293 e. The molecule has 0 aliphatic carbocycles. The van der Waals surface area contributed by atoms with Crippen LogP contribution < -0.4 is 10.2 Å². The van der Waals surface area contributed by atoms with Gasteiger partial charge in [-0.05, 0) is 50.1 Å². The van der Waals surface area contributed by atoms with Crippen LogP contribution in [-0.4, -0.2) is 54.2 Å². The molecule has 0 atom stereocenters. The number of carbonyl (C=O) groups excluding carboxylic acids is 2. The van der Waals surface area contributed by atoms with Crippen LogP contribution in [0.25, 0.3) is 0 Å². The van der Waals surface area contributed by atoms with E-state index in [0.717, 1.165) is 16.8 Å². The Kier molecular flexibility index (Phi) is 6.47. The summed E-state index contributed by atoms with van der Waals surface area (Å²) in [6.45, 7) is 8.01. The fourth-order valence-electron chi connectivity index (χ4n) is 3.58. The van der Waals surface area contributed by atoms with Gasteiger partial charge in [-0.1, -0.05) is 12.1 Å². The standard InChI is InChI=1S/C22H26N4O4/c1-15-5-4-6-19(16(15)2)23-22(28)14-24-9-11-25(12-10-24)20-8-7-18(17(3)27)13-21(20)26(29)30/h4-8,13H,9-12,14H2,1-3H3,(H,23,28). The van der Waals surface area contributed by atoms with E-state index in [1.165, 1.54) is 13.0 Å². The van der Waals surface area contributed by atoms with Crippen molar-refractivity contribution in [3.8, 4) is 0 Å². The van der Waals surface area contributed by atoms with Crippen LogP contribution in [0.2, 0.25) is 0 Å². The van der Waals surface area contributed by atoms with Crippen molar-refractivity contribution in [2.45, 2.75) is 20.8 Å². The van der Waals surface area contributed by atoms with Crippen LogP contribution in [0.4, 0.5) is 17.1 Å². The number of carbonyl (C=O) groups is 2. The van der Waals surface area contributed by atoms with E-state index >= 15 is 0 Å². The van der Waals surface area contributed by atoms with Gasteiger partial charge in [-0.25, -0.2) is 0 Å². The molecule has 1 amide bonds. The fourth-order valence-corrected chi connectivity index (χ4v) is 3.58. The lowest BCUT2D eigenvalue weighted by Gasteiger charge is -2.35. The molecule has 0 spiro atoms. The minimum atomic E-state index is -0.453. The quantitative estimate of drug-likeness (QED) is 0.446. The molecule has 8 heteroatoms. The molecule has 2 aromatic carbocycles. The molecule has 0 unspecified atom stereocenters. The maximum Gasteiger partial charge on any atom is 0.293 e. The number of aryl methyl sites for hydroxylation is 1. The molecule has 1 aliphatic rings. The highest BCUT2D eigenvalue weighted by Crippen LogP contribution is 2.30. The van der Waals surface area contributed by atoms with Gasteiger partial charge in [0.05, 0.1) is 11.5 Å². The van der Waals surface area contributed by atoms with E-state index in [1.807, 2.05) is 41.8 Å². The highest BCUT2D eigenvalue weighted by atomic mass is 16.6. The summed E-state index contributed by atoms with van der Waals surface area (Å²) in [6.07, 6.45) is 0. The van der Waals surface area contributed by atoms with E-state index < -0.39 is 4.92 Å². The first kappa shape index (κ1) is 21.4. The molecule has 30 heavy (non-hydrogen) atoms. The Balaban J connectivity index is 1.61. The third kappa shape index (κ3) is 4.83. The molecule has 0 radical (unpaired) electrons. The first-order valence-corrected chi connectivity index (χ1v) is 9.89. The highest BCUT2D eigenvalue weighted by Gasteiger charge is 2.25. The van der Waals surface area contributed by atoms with Crippen LogP contribution in [0.5, 0.6) is 0 Å². The van der Waals surface area contributed by atoms with Gasteiger partial charge in [0.2, 0.25) is 5.91 Å². The van der Waals surface area contributed by atoms with Crippen molar-refractivity contribution in [3.63, 3.8) is 0 Å². The van der Waals surface area contributed by atoms with Gasteiger partial charge in [-0.2, -0.15) is 0 Å². The van der Waals surface area contributed by atoms with E-state index in [4.69, 9.17) is 0 Å². The second-order valence-corrected chi connectivity index (χ2v) is 7.58. The number of nitro groups is 1. The molecule has 8 nitrogen and oxygen atoms in total. The van der Waals surface area contributed by atoms with E-state index in [9.17, 15) is 19.7 Å². The lowest BCUT2D eigenvalue weighted by molar-refractivity contribution is -0.384. The number of hydrogen-bond donors (Lipinski definition) is 1. The molecule has 0 aromatic heterocycles. The zero-order valence-corrected chi connectivity index (χ0v) is 17.5. The van der Waals surface area contributed by atoms with Crippen molar-refractivity contribution in [1.29, 1.82) is 0 Å². The number of nitrogens with one attached hydrogen (secondary N) is 1. The second kappa shape index (κ2) is 9.04. The molecule has 1 aliphatic heterocycles. The Hall–Kier alpha value is -3.26. The second-order valence-electron chi connectivity index (χ2n) is 7.58. The van der Waals surface area contributed by atoms with Crippen molar-refractivity contribution in [2.24, 2.45) is 0 Å². The SMILES string of the molecule is CC(=O)c1ccc(N2CCN(CC(=O)Nc3cccc(C)c3C)CC2)c([N+](=O)[O-])c1. The molecular formula is C22H26N4O4. The van der Waals surface area contributed by atoms with E-state index in [-0.39, 0.29) is 23.9 Å². The Morgan fingerprint density at radius 2 is 1.80 bits per heavy atom. The Morgan fingerprint density at radius 3 is 2.43 bits per heavy atom. The summed E-state index contributed by atoms with van der Waals surface area (Å²) in [5.41, 5.74) is 3.76. The minimum Gasteiger partial charge on any atom is -0.363 e. The monoisotopic (exact) mass is 410 g/mol. The van der Waals surface area contributed by atoms with Crippen molar-refractivity contribution >= 4 is 28.8 Å². The molecule has 2 aromatic rings. The summed E-state index contributed by atoms with van der Waals surface area (Å²) >= 11 is 0. The Morgan fingerprint density at radius 1 is 1.10 bits per heavy atom. The highest BCUT2D eigenvalue weighted by molar-refractivity contribution is 5.95. The third-order valence-electron chi connectivity index (χ3n) is 5.54. The van der Waals surface area contributed by atoms with Gasteiger partial charge in [0.1, 0.15) is 5.69 Å². The van der Waals surface area contributed by atoms with E-state index in [0.29, 0.717) is 37.4 Å². The van der Waals surface area contributed by atoms with Gasteiger partial charge in [0, 0.05) is 43.5 Å². The van der Waals surface area contributed by atoms with Gasteiger partial charge in [0.25, 0.3) is 5.69 Å². The number of anilines is 2. The lowest BCUT2D eigenvalue weighted by Crippen LogP contribution is -2.48. The molecule has 1 saturated heterocycles. The van der Waals surface area contributed by atoms with Crippen molar-refractivity contribution in [2.75, 3.05) is 42.9 Å².